The molecule has 2 N–H and O–H groups in total. The maximum Gasteiger partial charge on any atom is 0.241 e. The number of piperidine rings is 1. The number of fused-ring (bicyclic) bond motifs is 1. The van der Waals surface area contributed by atoms with Crippen LogP contribution in [0.5, 0.6) is 0 Å². The third-order valence-electron chi connectivity index (χ3n) is 4.65. The third-order valence-corrected chi connectivity index (χ3v) is 5.22. The average molecular weight is 327 g/mol. The fourth-order valence-electron chi connectivity index (χ4n) is 3.52. The maximum atomic E-state index is 12.4. The van der Waals surface area contributed by atoms with Crippen molar-refractivity contribution in [1.29, 1.82) is 0 Å². The normalized spacial score (nSPS) is 28.8. The first-order valence-electron chi connectivity index (χ1n) is 7.65. The van der Waals surface area contributed by atoms with Crippen LogP contribution < -0.4 is 10.6 Å². The molecule has 3 atom stereocenters. The monoisotopic (exact) mass is 326 g/mol. The average Bonchev–Trinajstić information content (AvgIpc) is 2.50. The van der Waals surface area contributed by atoms with Crippen molar-refractivity contribution in [3.63, 3.8) is 0 Å². The van der Waals surface area contributed by atoms with Crippen molar-refractivity contribution in [2.45, 2.75) is 50.6 Å². The number of carbonyl (C=O) groups is 1. The van der Waals surface area contributed by atoms with Crippen LogP contribution in [0.3, 0.4) is 0 Å². The number of hydrogen-bond acceptors (Lipinski definition) is 2. The number of benzene rings is 1. The predicted molar refractivity (Wildman–Crippen MR) is 87.0 cm³/mol. The highest BCUT2D eigenvalue weighted by atomic mass is 35.5. The molecule has 0 bridgehead atoms. The molecule has 114 valence electrons. The van der Waals surface area contributed by atoms with Gasteiger partial charge in [0.1, 0.15) is 0 Å². The van der Waals surface area contributed by atoms with Crippen molar-refractivity contribution in [1.82, 2.24) is 5.32 Å². The van der Waals surface area contributed by atoms with E-state index in [4.69, 9.17) is 23.2 Å². The Kier molecular flexibility index (Phi) is 4.72. The molecule has 1 aliphatic carbocycles. The molecule has 1 aliphatic heterocycles. The smallest absolute Gasteiger partial charge is 0.241 e. The van der Waals surface area contributed by atoms with E-state index in [0.717, 1.165) is 18.8 Å². The summed E-state index contributed by atoms with van der Waals surface area (Å²) in [7, 11) is 0. The minimum Gasteiger partial charge on any atom is -0.323 e. The van der Waals surface area contributed by atoms with Gasteiger partial charge in [0.15, 0.2) is 0 Å². The Hall–Kier alpha value is -0.770. The van der Waals surface area contributed by atoms with Crippen molar-refractivity contribution in [3.05, 3.63) is 28.2 Å². The molecule has 1 aromatic carbocycles. The Morgan fingerprint density at radius 3 is 2.81 bits per heavy atom. The van der Waals surface area contributed by atoms with Gasteiger partial charge in [-0.15, -0.1) is 0 Å². The van der Waals surface area contributed by atoms with Crippen LogP contribution in [0.1, 0.15) is 38.5 Å². The fourth-order valence-corrected chi connectivity index (χ4v) is 3.85. The molecule has 1 heterocycles. The van der Waals surface area contributed by atoms with E-state index in [1.165, 1.54) is 25.7 Å². The highest BCUT2D eigenvalue weighted by Gasteiger charge is 2.34. The summed E-state index contributed by atoms with van der Waals surface area (Å²) in [6.45, 7) is 0. The topological polar surface area (TPSA) is 41.1 Å². The summed E-state index contributed by atoms with van der Waals surface area (Å²) in [5.41, 5.74) is 0.585. The summed E-state index contributed by atoms with van der Waals surface area (Å²) in [6.07, 6.45) is 7.11. The van der Waals surface area contributed by atoms with Gasteiger partial charge < -0.3 is 10.6 Å². The number of rotatable bonds is 2. The maximum absolute atomic E-state index is 12.4. The molecule has 2 fully saturated rings. The molecule has 0 spiro atoms. The fraction of sp³-hybridized carbons (Fsp3) is 0.562. The van der Waals surface area contributed by atoms with Crippen LogP contribution >= 0.6 is 23.2 Å². The second-order valence-electron chi connectivity index (χ2n) is 6.06. The van der Waals surface area contributed by atoms with Crippen molar-refractivity contribution in [2.24, 2.45) is 5.92 Å². The van der Waals surface area contributed by atoms with Crippen LogP contribution in [-0.4, -0.2) is 18.0 Å². The summed E-state index contributed by atoms with van der Waals surface area (Å²) in [5.74, 6) is 0.737. The molecule has 2 aliphatic rings. The van der Waals surface area contributed by atoms with Crippen LogP contribution in [-0.2, 0) is 4.79 Å². The molecule has 3 rings (SSSR count). The van der Waals surface area contributed by atoms with Crippen LogP contribution in [0.2, 0.25) is 10.0 Å². The molecule has 1 aromatic rings. The summed E-state index contributed by atoms with van der Waals surface area (Å²) in [4.78, 5) is 12.4. The zero-order valence-corrected chi connectivity index (χ0v) is 13.4. The first kappa shape index (κ1) is 15.1. The summed E-state index contributed by atoms with van der Waals surface area (Å²) in [5, 5.41) is 7.50. The van der Waals surface area contributed by atoms with Gasteiger partial charge in [-0.3, -0.25) is 4.79 Å². The van der Waals surface area contributed by atoms with Gasteiger partial charge in [0.2, 0.25) is 5.91 Å². The van der Waals surface area contributed by atoms with Gasteiger partial charge in [-0.1, -0.05) is 36.0 Å². The highest BCUT2D eigenvalue weighted by Crippen LogP contribution is 2.33. The zero-order chi connectivity index (χ0) is 14.8. The molecule has 0 radical (unpaired) electrons. The Morgan fingerprint density at radius 1 is 1.14 bits per heavy atom. The molecule has 1 saturated heterocycles. The van der Waals surface area contributed by atoms with Crippen LogP contribution in [0, 0.1) is 5.92 Å². The van der Waals surface area contributed by atoms with Crippen LogP contribution in [0.4, 0.5) is 5.69 Å². The van der Waals surface area contributed by atoms with Gasteiger partial charge >= 0.3 is 0 Å². The SMILES string of the molecule is O=C(Nc1cc(Cl)ccc1Cl)C1CCC2CCCCC2N1. The molecule has 1 saturated carbocycles. The van der Waals surface area contributed by atoms with E-state index in [-0.39, 0.29) is 11.9 Å². The lowest BCUT2D eigenvalue weighted by Gasteiger charge is -2.39. The predicted octanol–water partition coefficient (Wildman–Crippen LogP) is 4.24. The van der Waals surface area contributed by atoms with Crippen molar-refractivity contribution < 1.29 is 4.79 Å². The second-order valence-corrected chi connectivity index (χ2v) is 6.90. The molecule has 0 aromatic heterocycles. The van der Waals surface area contributed by atoms with E-state index in [1.54, 1.807) is 18.2 Å². The number of hydrogen-bond donors (Lipinski definition) is 2. The summed E-state index contributed by atoms with van der Waals surface area (Å²) < 4.78 is 0. The molecule has 3 nitrogen and oxygen atoms in total. The number of amides is 1. The van der Waals surface area contributed by atoms with Gasteiger partial charge in [-0.25, -0.2) is 0 Å². The minimum atomic E-state index is -0.126. The Balaban J connectivity index is 1.64. The first-order chi connectivity index (χ1) is 10.1. The lowest BCUT2D eigenvalue weighted by molar-refractivity contribution is -0.119. The Bertz CT molecular complexity index is 535. The van der Waals surface area contributed by atoms with Gasteiger partial charge in [-0.05, 0) is 49.8 Å². The van der Waals surface area contributed by atoms with Gasteiger partial charge in [0.25, 0.3) is 0 Å². The van der Waals surface area contributed by atoms with Crippen LogP contribution in [0.25, 0.3) is 0 Å². The van der Waals surface area contributed by atoms with E-state index in [2.05, 4.69) is 10.6 Å². The molecule has 5 heteroatoms. The minimum absolute atomic E-state index is 0.0109. The zero-order valence-electron chi connectivity index (χ0n) is 11.9. The molecule has 1 amide bonds. The van der Waals surface area contributed by atoms with E-state index in [1.807, 2.05) is 0 Å². The Labute approximate surface area is 135 Å². The number of halogens is 2. The van der Waals surface area contributed by atoms with E-state index >= 15 is 0 Å². The van der Waals surface area contributed by atoms with Crippen molar-refractivity contribution in [3.8, 4) is 0 Å². The highest BCUT2D eigenvalue weighted by molar-refractivity contribution is 6.35. The van der Waals surface area contributed by atoms with Crippen molar-refractivity contribution >= 4 is 34.8 Å². The number of anilines is 1. The largest absolute Gasteiger partial charge is 0.323 e. The quantitative estimate of drug-likeness (QED) is 0.853. The standard InChI is InChI=1S/C16H20Cl2N2O/c17-11-6-7-12(18)15(9-11)20-16(21)14-8-5-10-3-1-2-4-13(10)19-14/h6-7,9-10,13-14,19H,1-5,8H2,(H,20,21). The summed E-state index contributed by atoms with van der Waals surface area (Å²) in [6, 6.07) is 5.47. The number of nitrogens with one attached hydrogen (secondary N) is 2. The van der Waals surface area contributed by atoms with Gasteiger partial charge in [0, 0.05) is 11.1 Å². The first-order valence-corrected chi connectivity index (χ1v) is 8.41. The Morgan fingerprint density at radius 2 is 1.95 bits per heavy atom. The third kappa shape index (κ3) is 3.53. The molecule has 21 heavy (non-hydrogen) atoms. The lowest BCUT2D eigenvalue weighted by Crippen LogP contribution is -2.53. The van der Waals surface area contributed by atoms with E-state index < -0.39 is 0 Å². The second kappa shape index (κ2) is 6.55. The van der Waals surface area contributed by atoms with E-state index in [0.29, 0.717) is 21.8 Å². The lowest BCUT2D eigenvalue weighted by atomic mass is 9.77. The molecule has 3 unspecified atom stereocenters. The summed E-state index contributed by atoms with van der Waals surface area (Å²) >= 11 is 12.0. The van der Waals surface area contributed by atoms with Crippen molar-refractivity contribution in [2.75, 3.05) is 5.32 Å². The molecular formula is C16H20Cl2N2O. The van der Waals surface area contributed by atoms with E-state index in [9.17, 15) is 4.79 Å². The van der Waals surface area contributed by atoms with Gasteiger partial charge in [-0.2, -0.15) is 0 Å². The molecular weight excluding hydrogens is 307 g/mol. The van der Waals surface area contributed by atoms with Gasteiger partial charge in [0.05, 0.1) is 16.8 Å². The van der Waals surface area contributed by atoms with Crippen LogP contribution in [0.15, 0.2) is 18.2 Å². The number of carbonyl (C=O) groups excluding carboxylic acids is 1.